The quantitative estimate of drug-likeness (QED) is 0.939. The van der Waals surface area contributed by atoms with Gasteiger partial charge in [0.25, 0.3) is 0 Å². The Morgan fingerprint density at radius 3 is 3.05 bits per heavy atom. The third kappa shape index (κ3) is 2.65. The number of carbonyl (C=O) groups excluding carboxylic acids is 1. The second-order valence-corrected chi connectivity index (χ2v) is 5.94. The first-order valence-corrected chi connectivity index (χ1v) is 7.83. The third-order valence-corrected chi connectivity index (χ3v) is 4.44. The van der Waals surface area contributed by atoms with E-state index in [2.05, 4.69) is 20.0 Å². The molecule has 0 radical (unpaired) electrons. The minimum atomic E-state index is -0.199. The largest absolute Gasteiger partial charge is 0.361 e. The molecule has 1 aliphatic rings. The van der Waals surface area contributed by atoms with Crippen molar-refractivity contribution in [2.75, 3.05) is 0 Å². The minimum absolute atomic E-state index is 0.0606. The smallest absolute Gasteiger partial charge is 0.228 e. The molecule has 0 aromatic carbocycles. The van der Waals surface area contributed by atoms with Crippen molar-refractivity contribution in [2.45, 2.75) is 58.5 Å². The monoisotopic (exact) mass is 302 g/mol. The van der Waals surface area contributed by atoms with E-state index in [1.165, 1.54) is 0 Å². The van der Waals surface area contributed by atoms with Crippen molar-refractivity contribution in [1.29, 1.82) is 0 Å². The average Bonchev–Trinajstić information content (AvgIpc) is 3.08. The lowest BCUT2D eigenvalue weighted by Gasteiger charge is -2.26. The summed E-state index contributed by atoms with van der Waals surface area (Å²) in [4.78, 5) is 17.0. The Bertz CT molecular complexity index is 654. The molecule has 2 unspecified atom stereocenters. The molecule has 118 valence electrons. The molecule has 6 nitrogen and oxygen atoms in total. The van der Waals surface area contributed by atoms with Crippen molar-refractivity contribution in [3.05, 3.63) is 35.2 Å². The molecule has 2 atom stereocenters. The molecule has 22 heavy (non-hydrogen) atoms. The summed E-state index contributed by atoms with van der Waals surface area (Å²) < 4.78 is 7.33. The molecule has 3 rings (SSSR count). The topological polar surface area (TPSA) is 73.0 Å². The first kappa shape index (κ1) is 14.8. The summed E-state index contributed by atoms with van der Waals surface area (Å²) in [6.45, 7) is 6.56. The van der Waals surface area contributed by atoms with Crippen LogP contribution < -0.4 is 5.32 Å². The van der Waals surface area contributed by atoms with Gasteiger partial charge in [0.15, 0.2) is 0 Å². The van der Waals surface area contributed by atoms with E-state index in [4.69, 9.17) is 4.52 Å². The zero-order valence-corrected chi connectivity index (χ0v) is 13.3. The number of carbonyl (C=O) groups is 1. The lowest BCUT2D eigenvalue weighted by molar-refractivity contribution is -0.123. The number of fused-ring (bicyclic) bond motifs is 1. The molecule has 0 bridgehead atoms. The van der Waals surface area contributed by atoms with E-state index in [0.29, 0.717) is 0 Å². The maximum absolute atomic E-state index is 12.7. The number of amides is 1. The van der Waals surface area contributed by atoms with E-state index in [-0.39, 0.29) is 17.9 Å². The van der Waals surface area contributed by atoms with Gasteiger partial charge in [-0.3, -0.25) is 4.79 Å². The highest BCUT2D eigenvalue weighted by Crippen LogP contribution is 2.27. The normalized spacial score (nSPS) is 18.8. The highest BCUT2D eigenvalue weighted by molar-refractivity contribution is 5.84. The number of hydrogen-bond donors (Lipinski definition) is 1. The Hall–Kier alpha value is -2.11. The highest BCUT2D eigenvalue weighted by atomic mass is 16.5. The Labute approximate surface area is 129 Å². The molecule has 0 fully saturated rings. The van der Waals surface area contributed by atoms with Crippen LogP contribution in [0.1, 0.15) is 48.5 Å². The van der Waals surface area contributed by atoms with Crippen LogP contribution in [-0.4, -0.2) is 26.7 Å². The van der Waals surface area contributed by atoms with E-state index < -0.39 is 0 Å². The summed E-state index contributed by atoms with van der Waals surface area (Å²) >= 11 is 0. The van der Waals surface area contributed by atoms with Crippen LogP contribution in [0.15, 0.2) is 16.9 Å². The van der Waals surface area contributed by atoms with Crippen molar-refractivity contribution in [2.24, 2.45) is 0 Å². The summed E-state index contributed by atoms with van der Waals surface area (Å²) in [6, 6.07) is 0.156. The fourth-order valence-corrected chi connectivity index (χ4v) is 3.29. The van der Waals surface area contributed by atoms with Crippen LogP contribution in [0.4, 0.5) is 0 Å². The van der Waals surface area contributed by atoms with Crippen LogP contribution >= 0.6 is 0 Å². The summed E-state index contributed by atoms with van der Waals surface area (Å²) in [5.74, 6) is 1.70. The molecule has 1 aliphatic heterocycles. The molecule has 3 heterocycles. The standard InChI is InChI=1S/C16H22N4O2/c1-4-13(15-10(2)19-22-11(15)3)16(21)18-12-5-6-14-17-7-8-20(14)9-12/h7-8,12-13H,4-6,9H2,1-3H3,(H,18,21). The average molecular weight is 302 g/mol. The number of nitrogens with zero attached hydrogens (tertiary/aromatic N) is 3. The van der Waals surface area contributed by atoms with Gasteiger partial charge in [0.1, 0.15) is 11.6 Å². The molecule has 6 heteroatoms. The van der Waals surface area contributed by atoms with E-state index >= 15 is 0 Å². The number of nitrogens with one attached hydrogen (secondary N) is 1. The van der Waals surface area contributed by atoms with E-state index in [1.807, 2.05) is 33.2 Å². The van der Waals surface area contributed by atoms with Crippen LogP contribution in [0.2, 0.25) is 0 Å². The first-order valence-electron chi connectivity index (χ1n) is 7.83. The molecular formula is C16H22N4O2. The van der Waals surface area contributed by atoms with Crippen LogP contribution in [0.5, 0.6) is 0 Å². The van der Waals surface area contributed by atoms with Crippen LogP contribution in [-0.2, 0) is 17.8 Å². The van der Waals surface area contributed by atoms with Crippen molar-refractivity contribution in [1.82, 2.24) is 20.0 Å². The number of aryl methyl sites for hydroxylation is 3. The Kier molecular flexibility index (Phi) is 4.00. The molecule has 0 spiro atoms. The van der Waals surface area contributed by atoms with Gasteiger partial charge >= 0.3 is 0 Å². The molecule has 1 amide bonds. The number of rotatable bonds is 4. The summed E-state index contributed by atoms with van der Waals surface area (Å²) in [7, 11) is 0. The maximum Gasteiger partial charge on any atom is 0.228 e. The van der Waals surface area contributed by atoms with Gasteiger partial charge in [0.2, 0.25) is 5.91 Å². The molecular weight excluding hydrogens is 280 g/mol. The van der Waals surface area contributed by atoms with Crippen molar-refractivity contribution in [3.8, 4) is 0 Å². The second-order valence-electron chi connectivity index (χ2n) is 5.94. The molecule has 0 aliphatic carbocycles. The SMILES string of the molecule is CCC(C(=O)NC1CCc2nccn2C1)c1c(C)noc1C. The molecule has 0 saturated heterocycles. The predicted octanol–water partition coefficient (Wildman–Crippen LogP) is 2.11. The highest BCUT2D eigenvalue weighted by Gasteiger charge is 2.28. The van der Waals surface area contributed by atoms with Crippen LogP contribution in [0.25, 0.3) is 0 Å². The number of aromatic nitrogens is 3. The fraction of sp³-hybridized carbons (Fsp3) is 0.562. The Morgan fingerprint density at radius 2 is 2.36 bits per heavy atom. The summed E-state index contributed by atoms with van der Waals surface area (Å²) in [5, 5.41) is 7.16. The molecule has 2 aromatic rings. The van der Waals surface area contributed by atoms with Crippen molar-refractivity contribution >= 4 is 5.91 Å². The Balaban J connectivity index is 1.71. The second kappa shape index (κ2) is 5.94. The zero-order valence-electron chi connectivity index (χ0n) is 13.3. The van der Waals surface area contributed by atoms with Crippen molar-refractivity contribution in [3.63, 3.8) is 0 Å². The van der Waals surface area contributed by atoms with Gasteiger partial charge in [0, 0.05) is 37.0 Å². The summed E-state index contributed by atoms with van der Waals surface area (Å²) in [5.41, 5.74) is 1.74. The van der Waals surface area contributed by atoms with Gasteiger partial charge < -0.3 is 14.4 Å². The third-order valence-electron chi connectivity index (χ3n) is 4.44. The van der Waals surface area contributed by atoms with Crippen molar-refractivity contribution < 1.29 is 9.32 Å². The van der Waals surface area contributed by atoms with Crippen LogP contribution in [0, 0.1) is 13.8 Å². The van der Waals surface area contributed by atoms with Gasteiger partial charge in [-0.25, -0.2) is 4.98 Å². The van der Waals surface area contributed by atoms with E-state index in [9.17, 15) is 4.79 Å². The Morgan fingerprint density at radius 1 is 1.55 bits per heavy atom. The lowest BCUT2D eigenvalue weighted by Crippen LogP contribution is -2.43. The van der Waals surface area contributed by atoms with Gasteiger partial charge in [-0.1, -0.05) is 12.1 Å². The maximum atomic E-state index is 12.7. The van der Waals surface area contributed by atoms with Gasteiger partial charge in [-0.2, -0.15) is 0 Å². The van der Waals surface area contributed by atoms with E-state index in [1.54, 1.807) is 0 Å². The van der Waals surface area contributed by atoms with E-state index in [0.717, 1.165) is 48.6 Å². The van der Waals surface area contributed by atoms with Gasteiger partial charge in [-0.15, -0.1) is 0 Å². The number of hydrogen-bond acceptors (Lipinski definition) is 4. The van der Waals surface area contributed by atoms with Gasteiger partial charge in [-0.05, 0) is 26.7 Å². The zero-order chi connectivity index (χ0) is 15.7. The molecule has 1 N–H and O–H groups in total. The number of imidazole rings is 1. The lowest BCUT2D eigenvalue weighted by atomic mass is 9.93. The minimum Gasteiger partial charge on any atom is -0.361 e. The first-order chi connectivity index (χ1) is 10.6. The predicted molar refractivity (Wildman–Crippen MR) is 81.5 cm³/mol. The van der Waals surface area contributed by atoms with Crippen LogP contribution in [0.3, 0.4) is 0 Å². The molecule has 0 saturated carbocycles. The fourth-order valence-electron chi connectivity index (χ4n) is 3.29. The summed E-state index contributed by atoms with van der Waals surface area (Å²) in [6.07, 6.45) is 6.36. The molecule has 2 aromatic heterocycles. The van der Waals surface area contributed by atoms with Gasteiger partial charge in [0.05, 0.1) is 11.6 Å².